The number of aromatic nitrogens is 1. The summed E-state index contributed by atoms with van der Waals surface area (Å²) in [6, 6.07) is 8.34. The molecule has 1 unspecified atom stereocenters. The fourth-order valence-corrected chi connectivity index (χ4v) is 8.43. The molecule has 2 bridgehead atoms. The minimum Gasteiger partial charge on any atom is -0.390 e. The third-order valence-electron chi connectivity index (χ3n) is 10.3. The van der Waals surface area contributed by atoms with Crippen LogP contribution >= 0.6 is 0 Å². The monoisotopic (exact) mass is 449 g/mol. The quantitative estimate of drug-likeness (QED) is 0.574. The van der Waals surface area contributed by atoms with Crippen LogP contribution in [0.3, 0.4) is 0 Å². The van der Waals surface area contributed by atoms with Crippen LogP contribution in [0.1, 0.15) is 58.2 Å². The number of fused-ring (bicyclic) bond motifs is 9. The van der Waals surface area contributed by atoms with Gasteiger partial charge in [-0.1, -0.05) is 32.0 Å². The van der Waals surface area contributed by atoms with Crippen LogP contribution in [0.5, 0.6) is 0 Å². The number of rotatable bonds is 0. The van der Waals surface area contributed by atoms with Gasteiger partial charge in [-0.3, -0.25) is 4.79 Å². The first-order valence-electron chi connectivity index (χ1n) is 12.1. The topological polar surface area (TPSA) is 91.8 Å². The highest BCUT2D eigenvalue weighted by molar-refractivity contribution is 5.97. The molecule has 3 N–H and O–H groups in total. The number of hydrogen-bond donors (Lipinski definition) is 3. The zero-order valence-electron chi connectivity index (χ0n) is 19.6. The molecule has 33 heavy (non-hydrogen) atoms. The van der Waals surface area contributed by atoms with Crippen LogP contribution in [0.15, 0.2) is 35.9 Å². The van der Waals surface area contributed by atoms with Crippen molar-refractivity contribution in [3.8, 4) is 0 Å². The van der Waals surface area contributed by atoms with Crippen LogP contribution in [-0.4, -0.2) is 50.2 Å². The van der Waals surface area contributed by atoms with E-state index in [2.05, 4.69) is 37.0 Å². The van der Waals surface area contributed by atoms with E-state index >= 15 is 0 Å². The molecule has 1 saturated heterocycles. The lowest BCUT2D eigenvalue weighted by atomic mass is 9.41. The maximum atomic E-state index is 13.1. The fourth-order valence-electron chi connectivity index (χ4n) is 8.43. The summed E-state index contributed by atoms with van der Waals surface area (Å²) in [5.74, 6) is -1.17. The average molecular weight is 450 g/mol. The summed E-state index contributed by atoms with van der Waals surface area (Å²) in [7, 11) is 0. The van der Waals surface area contributed by atoms with Crippen LogP contribution in [0.25, 0.3) is 10.9 Å². The van der Waals surface area contributed by atoms with Crippen LogP contribution in [-0.2, 0) is 26.1 Å². The molecule has 3 heterocycles. The fraction of sp³-hybridized carbons (Fsp3) is 0.593. The molecule has 174 valence electrons. The van der Waals surface area contributed by atoms with Crippen molar-refractivity contribution >= 4 is 16.7 Å². The van der Waals surface area contributed by atoms with Crippen molar-refractivity contribution in [2.24, 2.45) is 11.3 Å². The number of carbonyl (C=O) groups excluding carboxylic acids is 1. The Morgan fingerprint density at radius 1 is 1.12 bits per heavy atom. The van der Waals surface area contributed by atoms with Crippen molar-refractivity contribution in [1.29, 1.82) is 0 Å². The highest BCUT2D eigenvalue weighted by Crippen LogP contribution is 2.71. The number of nitrogens with one attached hydrogen (secondary N) is 1. The summed E-state index contributed by atoms with van der Waals surface area (Å²) in [4.78, 5) is 16.8. The molecule has 2 aliphatic heterocycles. The summed E-state index contributed by atoms with van der Waals surface area (Å²) >= 11 is 0. The Labute approximate surface area is 193 Å². The molecule has 1 spiro atoms. The molecule has 6 heteroatoms. The van der Waals surface area contributed by atoms with Gasteiger partial charge in [0.1, 0.15) is 11.2 Å². The van der Waals surface area contributed by atoms with Crippen LogP contribution in [0.2, 0.25) is 0 Å². The highest BCUT2D eigenvalue weighted by Gasteiger charge is 2.77. The minimum absolute atomic E-state index is 0.187. The summed E-state index contributed by atoms with van der Waals surface area (Å²) in [6.07, 6.45) is 2.29. The summed E-state index contributed by atoms with van der Waals surface area (Å²) < 4.78 is 12.7. The molecule has 2 saturated carbocycles. The average Bonchev–Trinajstić information content (AvgIpc) is 3.34. The third-order valence-corrected chi connectivity index (χ3v) is 10.3. The Morgan fingerprint density at radius 3 is 2.67 bits per heavy atom. The number of H-pyrrole nitrogens is 1. The normalized spacial score (nSPS) is 47.0. The Kier molecular flexibility index (Phi) is 3.48. The molecule has 2 aromatic rings. The number of ketones is 1. The van der Waals surface area contributed by atoms with Gasteiger partial charge in [-0.15, -0.1) is 0 Å². The van der Waals surface area contributed by atoms with E-state index in [-0.39, 0.29) is 11.7 Å². The molecular formula is C27H31NO5. The smallest absolute Gasteiger partial charge is 0.195 e. The number of benzene rings is 1. The van der Waals surface area contributed by atoms with E-state index in [1.807, 2.05) is 19.9 Å². The molecule has 3 aliphatic carbocycles. The van der Waals surface area contributed by atoms with Gasteiger partial charge in [0.2, 0.25) is 0 Å². The minimum atomic E-state index is -1.64. The lowest BCUT2D eigenvalue weighted by Crippen LogP contribution is -2.74. The number of aliphatic hydroxyl groups excluding tert-OH is 1. The largest absolute Gasteiger partial charge is 0.390 e. The van der Waals surface area contributed by atoms with Gasteiger partial charge >= 0.3 is 0 Å². The molecule has 1 aromatic carbocycles. The van der Waals surface area contributed by atoms with Crippen molar-refractivity contribution in [3.63, 3.8) is 0 Å². The zero-order valence-corrected chi connectivity index (χ0v) is 19.6. The molecule has 0 amide bonds. The lowest BCUT2D eigenvalue weighted by molar-refractivity contribution is -0.274. The molecule has 3 fully saturated rings. The molecule has 7 atom stereocenters. The van der Waals surface area contributed by atoms with Crippen molar-refractivity contribution in [2.75, 3.05) is 0 Å². The van der Waals surface area contributed by atoms with E-state index in [1.165, 1.54) is 17.0 Å². The molecular weight excluding hydrogens is 418 g/mol. The van der Waals surface area contributed by atoms with E-state index in [1.54, 1.807) is 0 Å². The van der Waals surface area contributed by atoms with E-state index in [9.17, 15) is 15.0 Å². The second-order valence-corrected chi connectivity index (χ2v) is 11.9. The summed E-state index contributed by atoms with van der Waals surface area (Å²) in [5, 5.41) is 25.4. The Morgan fingerprint density at radius 2 is 1.88 bits per heavy atom. The Hall–Kier alpha value is -1.99. The second kappa shape index (κ2) is 5.62. The SMILES string of the molecule is CC1(C)O[C@@]23CCC4(C)[C@@]5(C)c6[nH]c7ccccc7c6C[C@@H]5C[C@H](O)[C@@]4(O)C2=CC(=O)[C@@H]1O3. The van der Waals surface area contributed by atoms with Gasteiger partial charge in [0.25, 0.3) is 0 Å². The standard InChI is InChI=1S/C27H31NO5/c1-23(2)22-18(29)13-19-26(32-22,33-23)10-9-24(3)25(4)14(12-20(30)27(19,24)31)11-16-15-7-5-6-8-17(15)28-21(16)25/h5-8,13-14,20,22,28,30-31H,9-12H2,1-4H3/t14-,20+,22+,24?,25-,26+,27+/m1/s1. The third kappa shape index (κ3) is 1.98. The molecule has 7 rings (SSSR count). The molecule has 0 radical (unpaired) electrons. The number of hydrogen-bond acceptors (Lipinski definition) is 5. The maximum Gasteiger partial charge on any atom is 0.195 e. The van der Waals surface area contributed by atoms with E-state index < -0.39 is 40.0 Å². The van der Waals surface area contributed by atoms with Gasteiger partial charge in [0.05, 0.1) is 6.10 Å². The van der Waals surface area contributed by atoms with Gasteiger partial charge in [-0.05, 0) is 56.7 Å². The maximum absolute atomic E-state index is 13.1. The first-order valence-corrected chi connectivity index (χ1v) is 12.1. The number of ether oxygens (including phenoxy) is 2. The summed E-state index contributed by atoms with van der Waals surface area (Å²) in [6.45, 7) is 8.05. The number of aliphatic hydroxyl groups is 2. The highest BCUT2D eigenvalue weighted by atomic mass is 16.8. The summed E-state index contributed by atoms with van der Waals surface area (Å²) in [5.41, 5.74) is 0.397. The number of aromatic amines is 1. The predicted molar refractivity (Wildman–Crippen MR) is 122 cm³/mol. The lowest BCUT2D eigenvalue weighted by Gasteiger charge is -2.66. The Bertz CT molecular complexity index is 1280. The van der Waals surface area contributed by atoms with E-state index in [4.69, 9.17) is 9.47 Å². The molecule has 1 aromatic heterocycles. The number of carbonyl (C=O) groups is 1. The van der Waals surface area contributed by atoms with Crippen molar-refractivity contribution in [1.82, 2.24) is 4.98 Å². The van der Waals surface area contributed by atoms with Crippen molar-refractivity contribution < 1.29 is 24.5 Å². The zero-order chi connectivity index (χ0) is 23.2. The van der Waals surface area contributed by atoms with Gasteiger partial charge in [-0.25, -0.2) is 0 Å². The molecule has 5 aliphatic rings. The van der Waals surface area contributed by atoms with E-state index in [0.717, 1.165) is 17.6 Å². The van der Waals surface area contributed by atoms with Crippen molar-refractivity contribution in [2.45, 2.75) is 88.0 Å². The van der Waals surface area contributed by atoms with E-state index in [0.29, 0.717) is 24.8 Å². The van der Waals surface area contributed by atoms with Crippen molar-refractivity contribution in [3.05, 3.63) is 47.2 Å². The first kappa shape index (κ1) is 20.4. The first-order chi connectivity index (χ1) is 15.5. The second-order valence-electron chi connectivity index (χ2n) is 11.9. The van der Waals surface area contributed by atoms with Gasteiger partial charge < -0.3 is 24.7 Å². The number of para-hydroxylation sites is 1. The van der Waals surface area contributed by atoms with Gasteiger partial charge in [0.15, 0.2) is 17.7 Å². The Balaban J connectivity index is 1.46. The van der Waals surface area contributed by atoms with Crippen LogP contribution < -0.4 is 0 Å². The van der Waals surface area contributed by atoms with Gasteiger partial charge in [-0.2, -0.15) is 0 Å². The van der Waals surface area contributed by atoms with Gasteiger partial charge in [0, 0.05) is 39.4 Å². The molecule has 6 nitrogen and oxygen atoms in total. The predicted octanol–water partition coefficient (Wildman–Crippen LogP) is 3.29. The van der Waals surface area contributed by atoms with Crippen LogP contribution in [0, 0.1) is 11.3 Å². The van der Waals surface area contributed by atoms with Crippen LogP contribution in [0.4, 0.5) is 0 Å².